The van der Waals surface area contributed by atoms with Crippen molar-refractivity contribution in [2.45, 2.75) is 26.0 Å². The summed E-state index contributed by atoms with van der Waals surface area (Å²) in [6.07, 6.45) is 0.913. The van der Waals surface area contributed by atoms with Gasteiger partial charge in [0.25, 0.3) is 0 Å². The van der Waals surface area contributed by atoms with Crippen LogP contribution in [0.2, 0.25) is 0 Å². The van der Waals surface area contributed by atoms with Crippen molar-refractivity contribution in [2.24, 2.45) is 0 Å². The van der Waals surface area contributed by atoms with Gasteiger partial charge in [0, 0.05) is 11.4 Å². The average Bonchev–Trinajstić information content (AvgIpc) is 2.99. The van der Waals surface area contributed by atoms with Crippen LogP contribution >= 0.6 is 23.1 Å². The predicted octanol–water partition coefficient (Wildman–Crippen LogP) is 5.04. The number of carbonyl (C=O) groups is 1. The van der Waals surface area contributed by atoms with E-state index >= 15 is 0 Å². The Balaban J connectivity index is 1.56. The summed E-state index contributed by atoms with van der Waals surface area (Å²) in [5, 5.41) is 4.13. The minimum Gasteiger partial charge on any atom is -0.325 e. The van der Waals surface area contributed by atoms with Crippen LogP contribution in [0.4, 0.5) is 5.69 Å². The summed E-state index contributed by atoms with van der Waals surface area (Å²) in [5.41, 5.74) is 4.29. The van der Waals surface area contributed by atoms with Crippen molar-refractivity contribution in [3.8, 4) is 0 Å². The molecule has 24 heavy (non-hydrogen) atoms. The first-order valence-corrected chi connectivity index (χ1v) is 9.95. The van der Waals surface area contributed by atoms with E-state index in [4.69, 9.17) is 0 Å². The van der Waals surface area contributed by atoms with E-state index in [-0.39, 0.29) is 5.91 Å². The highest BCUT2D eigenvalue weighted by Gasteiger charge is 2.10. The molecule has 0 aliphatic rings. The highest BCUT2D eigenvalue weighted by molar-refractivity contribution is 7.99. The van der Waals surface area contributed by atoms with Crippen molar-refractivity contribution in [3.05, 3.63) is 58.6 Å². The molecular weight excluding hydrogens is 336 g/mol. The van der Waals surface area contributed by atoms with Gasteiger partial charge in [0.1, 0.15) is 5.01 Å². The van der Waals surface area contributed by atoms with Crippen molar-refractivity contribution in [2.75, 3.05) is 11.1 Å². The largest absolute Gasteiger partial charge is 0.325 e. The van der Waals surface area contributed by atoms with Gasteiger partial charge < -0.3 is 5.32 Å². The molecule has 3 aromatic rings. The highest BCUT2D eigenvalue weighted by atomic mass is 32.2. The lowest BCUT2D eigenvalue weighted by Gasteiger charge is -2.12. The lowest BCUT2D eigenvalue weighted by molar-refractivity contribution is -0.113. The van der Waals surface area contributed by atoms with Crippen molar-refractivity contribution in [3.63, 3.8) is 0 Å². The zero-order chi connectivity index (χ0) is 16.9. The van der Waals surface area contributed by atoms with Crippen molar-refractivity contribution in [1.82, 2.24) is 4.98 Å². The van der Waals surface area contributed by atoms with Crippen LogP contribution in [0.5, 0.6) is 0 Å². The SMILES string of the molecule is CCc1cccc(C)c1NC(=O)CSCc1nc2ccccc2s1. The lowest BCUT2D eigenvalue weighted by atomic mass is 10.1. The Hall–Kier alpha value is -1.85. The second-order valence-corrected chi connectivity index (χ2v) is 7.68. The van der Waals surface area contributed by atoms with Gasteiger partial charge in [-0.2, -0.15) is 0 Å². The molecule has 124 valence electrons. The maximum Gasteiger partial charge on any atom is 0.234 e. The fourth-order valence-electron chi connectivity index (χ4n) is 2.59. The van der Waals surface area contributed by atoms with Gasteiger partial charge in [-0.3, -0.25) is 4.79 Å². The number of para-hydroxylation sites is 2. The van der Waals surface area contributed by atoms with E-state index in [2.05, 4.69) is 29.4 Å². The van der Waals surface area contributed by atoms with E-state index < -0.39 is 0 Å². The number of anilines is 1. The summed E-state index contributed by atoms with van der Waals surface area (Å²) in [6.45, 7) is 4.13. The number of aromatic nitrogens is 1. The molecule has 0 spiro atoms. The van der Waals surface area contributed by atoms with Gasteiger partial charge in [-0.05, 0) is 36.6 Å². The van der Waals surface area contributed by atoms with Crippen molar-refractivity contribution in [1.29, 1.82) is 0 Å². The van der Waals surface area contributed by atoms with Crippen LogP contribution in [-0.4, -0.2) is 16.6 Å². The van der Waals surface area contributed by atoms with Gasteiger partial charge in [0.05, 0.1) is 16.0 Å². The molecule has 0 saturated carbocycles. The molecule has 0 bridgehead atoms. The molecule has 1 amide bonds. The number of carbonyl (C=O) groups excluding carboxylic acids is 1. The molecule has 3 nitrogen and oxygen atoms in total. The second-order valence-electron chi connectivity index (χ2n) is 5.58. The Bertz CT molecular complexity index is 824. The van der Waals surface area contributed by atoms with Gasteiger partial charge >= 0.3 is 0 Å². The Morgan fingerprint density at radius 2 is 2.04 bits per heavy atom. The number of thioether (sulfide) groups is 1. The van der Waals surface area contributed by atoms with Crippen LogP contribution in [0.1, 0.15) is 23.1 Å². The maximum absolute atomic E-state index is 12.2. The first kappa shape index (κ1) is 17.0. The monoisotopic (exact) mass is 356 g/mol. The third kappa shape index (κ3) is 3.97. The van der Waals surface area contributed by atoms with Crippen LogP contribution in [0.3, 0.4) is 0 Å². The Kier molecular flexibility index (Phi) is 5.53. The van der Waals surface area contributed by atoms with Crippen LogP contribution in [0.15, 0.2) is 42.5 Å². The summed E-state index contributed by atoms with van der Waals surface area (Å²) in [5.74, 6) is 1.25. The van der Waals surface area contributed by atoms with E-state index in [1.54, 1.807) is 23.1 Å². The summed E-state index contributed by atoms with van der Waals surface area (Å²) in [6, 6.07) is 14.3. The third-order valence-electron chi connectivity index (χ3n) is 3.80. The normalized spacial score (nSPS) is 10.9. The molecule has 1 heterocycles. The molecule has 3 rings (SSSR count). The zero-order valence-electron chi connectivity index (χ0n) is 13.8. The van der Waals surface area contributed by atoms with Gasteiger partial charge in [-0.25, -0.2) is 4.98 Å². The molecule has 0 radical (unpaired) electrons. The first-order chi connectivity index (χ1) is 11.7. The number of nitrogens with zero attached hydrogens (tertiary/aromatic N) is 1. The smallest absolute Gasteiger partial charge is 0.234 e. The zero-order valence-corrected chi connectivity index (χ0v) is 15.5. The molecule has 0 aliphatic carbocycles. The summed E-state index contributed by atoms with van der Waals surface area (Å²) >= 11 is 3.30. The molecule has 0 aliphatic heterocycles. The molecule has 2 aromatic carbocycles. The number of hydrogen-bond donors (Lipinski definition) is 1. The minimum atomic E-state index is 0.0464. The van der Waals surface area contributed by atoms with Crippen molar-refractivity contribution >= 4 is 44.9 Å². The van der Waals surface area contributed by atoms with Crippen LogP contribution in [0, 0.1) is 6.92 Å². The lowest BCUT2D eigenvalue weighted by Crippen LogP contribution is -2.16. The molecule has 1 N–H and O–H groups in total. The van der Waals surface area contributed by atoms with Crippen molar-refractivity contribution < 1.29 is 4.79 Å². The van der Waals surface area contributed by atoms with E-state index in [0.29, 0.717) is 5.75 Å². The van der Waals surface area contributed by atoms with Crippen LogP contribution in [0.25, 0.3) is 10.2 Å². The summed E-state index contributed by atoms with van der Waals surface area (Å²) in [4.78, 5) is 16.8. The average molecular weight is 357 g/mol. The Morgan fingerprint density at radius 3 is 2.83 bits per heavy atom. The van der Waals surface area contributed by atoms with E-state index in [1.807, 2.05) is 37.3 Å². The van der Waals surface area contributed by atoms with E-state index in [1.165, 1.54) is 10.3 Å². The third-order valence-corrected chi connectivity index (χ3v) is 5.96. The summed E-state index contributed by atoms with van der Waals surface area (Å²) < 4.78 is 1.20. The Labute approximate surface area is 150 Å². The second kappa shape index (κ2) is 7.81. The topological polar surface area (TPSA) is 42.0 Å². The molecule has 0 saturated heterocycles. The Morgan fingerprint density at radius 1 is 1.21 bits per heavy atom. The van der Waals surface area contributed by atoms with Gasteiger partial charge in [0.15, 0.2) is 0 Å². The number of amides is 1. The van der Waals surface area contributed by atoms with Crippen LogP contribution in [-0.2, 0) is 17.0 Å². The molecule has 0 unspecified atom stereocenters. The maximum atomic E-state index is 12.2. The number of nitrogens with one attached hydrogen (secondary N) is 1. The fourth-order valence-corrected chi connectivity index (χ4v) is 4.44. The molecule has 0 fully saturated rings. The number of thiazole rings is 1. The molecule has 0 atom stereocenters. The number of hydrogen-bond acceptors (Lipinski definition) is 4. The first-order valence-electron chi connectivity index (χ1n) is 7.98. The molecule has 5 heteroatoms. The highest BCUT2D eigenvalue weighted by Crippen LogP contribution is 2.25. The van der Waals surface area contributed by atoms with Crippen LogP contribution < -0.4 is 5.32 Å². The van der Waals surface area contributed by atoms with Gasteiger partial charge in [-0.1, -0.05) is 37.3 Å². The van der Waals surface area contributed by atoms with E-state index in [9.17, 15) is 4.79 Å². The number of aryl methyl sites for hydroxylation is 2. The molecular formula is C19H20N2OS2. The number of rotatable bonds is 6. The number of benzene rings is 2. The fraction of sp³-hybridized carbons (Fsp3) is 0.263. The molecule has 1 aromatic heterocycles. The van der Waals surface area contributed by atoms with Gasteiger partial charge in [-0.15, -0.1) is 23.1 Å². The number of fused-ring (bicyclic) bond motifs is 1. The summed E-state index contributed by atoms with van der Waals surface area (Å²) in [7, 11) is 0. The quantitative estimate of drug-likeness (QED) is 0.673. The van der Waals surface area contributed by atoms with E-state index in [0.717, 1.165) is 33.9 Å². The van der Waals surface area contributed by atoms with Gasteiger partial charge in [0.2, 0.25) is 5.91 Å². The standard InChI is InChI=1S/C19H20N2OS2/c1-3-14-8-6-7-13(2)19(14)21-17(22)11-23-12-18-20-15-9-4-5-10-16(15)24-18/h4-10H,3,11-12H2,1-2H3,(H,21,22). The minimum absolute atomic E-state index is 0.0464. The predicted molar refractivity (Wildman–Crippen MR) is 105 cm³/mol.